The van der Waals surface area contributed by atoms with E-state index in [1.54, 1.807) is 6.07 Å². The van der Waals surface area contributed by atoms with Gasteiger partial charge in [-0.2, -0.15) is 13.2 Å². The Labute approximate surface area is 98.5 Å². The van der Waals surface area contributed by atoms with Crippen LogP contribution in [0, 0.1) is 0 Å². The molecule has 0 heterocycles. The smallest absolute Gasteiger partial charge is 0.396 e. The van der Waals surface area contributed by atoms with Crippen LogP contribution < -0.4 is 5.32 Å². The molecule has 0 saturated heterocycles. The third-order valence-corrected chi connectivity index (χ3v) is 2.41. The summed E-state index contributed by atoms with van der Waals surface area (Å²) in [6.07, 6.45) is -3.87. The van der Waals surface area contributed by atoms with Gasteiger partial charge in [-0.1, -0.05) is 6.07 Å². The predicted molar refractivity (Wildman–Crippen MR) is 60.8 cm³/mol. The van der Waals surface area contributed by atoms with Gasteiger partial charge < -0.3 is 10.4 Å². The van der Waals surface area contributed by atoms with E-state index in [1.165, 1.54) is 6.07 Å². The molecule has 0 aromatic heterocycles. The predicted octanol–water partition coefficient (Wildman–Crippen LogP) is 3.28. The minimum absolute atomic E-state index is 0.0149. The molecule has 0 aliphatic rings. The standard InChI is InChI=1S/C12H16F3NO/c1-11(2,6-7-17)16-10-5-3-4-9(8-10)12(13,14)15/h3-5,8,16-17H,6-7H2,1-2H3. The van der Waals surface area contributed by atoms with Crippen molar-refractivity contribution in [3.8, 4) is 0 Å². The van der Waals surface area contributed by atoms with Gasteiger partial charge >= 0.3 is 6.18 Å². The van der Waals surface area contributed by atoms with E-state index < -0.39 is 17.3 Å². The Morgan fingerprint density at radius 3 is 2.41 bits per heavy atom. The van der Waals surface area contributed by atoms with Crippen LogP contribution in [0.1, 0.15) is 25.8 Å². The number of benzene rings is 1. The number of alkyl halides is 3. The van der Waals surface area contributed by atoms with Gasteiger partial charge in [-0.05, 0) is 38.5 Å². The number of rotatable bonds is 4. The fraction of sp³-hybridized carbons (Fsp3) is 0.500. The molecule has 0 fully saturated rings. The molecule has 1 aromatic carbocycles. The van der Waals surface area contributed by atoms with Crippen molar-refractivity contribution >= 4 is 5.69 Å². The first-order valence-electron chi connectivity index (χ1n) is 5.31. The molecule has 0 saturated carbocycles. The summed E-state index contributed by atoms with van der Waals surface area (Å²) in [6, 6.07) is 5.04. The van der Waals surface area contributed by atoms with Crippen LogP contribution >= 0.6 is 0 Å². The summed E-state index contributed by atoms with van der Waals surface area (Å²) in [6.45, 7) is 3.63. The van der Waals surface area contributed by atoms with E-state index in [1.807, 2.05) is 13.8 Å². The lowest BCUT2D eigenvalue weighted by atomic mass is 10.0. The number of aliphatic hydroxyl groups is 1. The van der Waals surface area contributed by atoms with Crippen LogP contribution in [0.3, 0.4) is 0 Å². The summed E-state index contributed by atoms with van der Waals surface area (Å²) >= 11 is 0. The van der Waals surface area contributed by atoms with Crippen LogP contribution in [0.15, 0.2) is 24.3 Å². The van der Waals surface area contributed by atoms with Gasteiger partial charge in [0.25, 0.3) is 0 Å². The zero-order valence-corrected chi connectivity index (χ0v) is 9.80. The lowest BCUT2D eigenvalue weighted by molar-refractivity contribution is -0.137. The molecule has 0 atom stereocenters. The summed E-state index contributed by atoms with van der Waals surface area (Å²) in [5.74, 6) is 0. The molecule has 0 radical (unpaired) electrons. The number of hydrogen-bond acceptors (Lipinski definition) is 2. The van der Waals surface area contributed by atoms with E-state index >= 15 is 0 Å². The second kappa shape index (κ2) is 4.96. The molecule has 0 spiro atoms. The second-order valence-corrected chi connectivity index (χ2v) is 4.56. The molecule has 1 rings (SSSR count). The van der Waals surface area contributed by atoms with Crippen molar-refractivity contribution < 1.29 is 18.3 Å². The summed E-state index contributed by atoms with van der Waals surface area (Å²) in [5.41, 5.74) is -0.723. The Balaban J connectivity index is 2.86. The number of nitrogens with one attached hydrogen (secondary N) is 1. The normalized spacial score (nSPS) is 12.6. The van der Waals surface area contributed by atoms with Crippen molar-refractivity contribution in [2.75, 3.05) is 11.9 Å². The van der Waals surface area contributed by atoms with Crippen LogP contribution in [0.4, 0.5) is 18.9 Å². The molecule has 0 bridgehead atoms. The fourth-order valence-electron chi connectivity index (χ4n) is 1.51. The zero-order chi connectivity index (χ0) is 13.1. The van der Waals surface area contributed by atoms with E-state index in [9.17, 15) is 13.2 Å². The number of halogens is 3. The molecule has 0 aliphatic carbocycles. The van der Waals surface area contributed by atoms with Crippen molar-refractivity contribution in [2.45, 2.75) is 32.0 Å². The Hall–Kier alpha value is -1.23. The van der Waals surface area contributed by atoms with Crippen LogP contribution in [-0.4, -0.2) is 17.3 Å². The third kappa shape index (κ3) is 4.26. The van der Waals surface area contributed by atoms with Crippen LogP contribution in [0.2, 0.25) is 0 Å². The lowest BCUT2D eigenvalue weighted by Gasteiger charge is -2.27. The molecular formula is C12H16F3NO. The second-order valence-electron chi connectivity index (χ2n) is 4.56. The van der Waals surface area contributed by atoms with Crippen LogP contribution in [0.25, 0.3) is 0 Å². The summed E-state index contributed by atoms with van der Waals surface area (Å²) in [7, 11) is 0. The Kier molecular flexibility index (Phi) is 4.03. The highest BCUT2D eigenvalue weighted by molar-refractivity contribution is 5.48. The van der Waals surface area contributed by atoms with Gasteiger partial charge in [0.05, 0.1) is 5.56 Å². The molecule has 1 aromatic rings. The Morgan fingerprint density at radius 1 is 1.24 bits per heavy atom. The number of aliphatic hydroxyl groups excluding tert-OH is 1. The van der Waals surface area contributed by atoms with Gasteiger partial charge in [0.2, 0.25) is 0 Å². The van der Waals surface area contributed by atoms with E-state index in [0.717, 1.165) is 12.1 Å². The summed E-state index contributed by atoms with van der Waals surface area (Å²) in [4.78, 5) is 0. The summed E-state index contributed by atoms with van der Waals surface area (Å²) in [5, 5.41) is 11.8. The van der Waals surface area contributed by atoms with E-state index in [-0.39, 0.29) is 6.61 Å². The van der Waals surface area contributed by atoms with Gasteiger partial charge in [-0.25, -0.2) is 0 Å². The Morgan fingerprint density at radius 2 is 1.88 bits per heavy atom. The monoisotopic (exact) mass is 247 g/mol. The maximum Gasteiger partial charge on any atom is 0.416 e. The lowest BCUT2D eigenvalue weighted by Crippen LogP contribution is -2.32. The first kappa shape index (κ1) is 13.8. The topological polar surface area (TPSA) is 32.3 Å². The molecule has 0 unspecified atom stereocenters. The zero-order valence-electron chi connectivity index (χ0n) is 9.80. The quantitative estimate of drug-likeness (QED) is 0.855. The largest absolute Gasteiger partial charge is 0.416 e. The molecule has 96 valence electrons. The minimum Gasteiger partial charge on any atom is -0.396 e. The van der Waals surface area contributed by atoms with Crippen molar-refractivity contribution in [3.05, 3.63) is 29.8 Å². The molecule has 2 nitrogen and oxygen atoms in total. The van der Waals surface area contributed by atoms with Gasteiger partial charge in [0.15, 0.2) is 0 Å². The fourth-order valence-corrected chi connectivity index (χ4v) is 1.51. The van der Waals surface area contributed by atoms with Crippen LogP contribution in [-0.2, 0) is 6.18 Å². The maximum absolute atomic E-state index is 12.5. The summed E-state index contributed by atoms with van der Waals surface area (Å²) < 4.78 is 37.4. The average molecular weight is 247 g/mol. The third-order valence-electron chi connectivity index (χ3n) is 2.41. The van der Waals surface area contributed by atoms with Gasteiger partial charge in [-0.3, -0.25) is 0 Å². The first-order valence-corrected chi connectivity index (χ1v) is 5.31. The van der Waals surface area contributed by atoms with Crippen molar-refractivity contribution in [2.24, 2.45) is 0 Å². The van der Waals surface area contributed by atoms with Crippen molar-refractivity contribution in [1.82, 2.24) is 0 Å². The molecule has 0 aliphatic heterocycles. The highest BCUT2D eigenvalue weighted by Crippen LogP contribution is 2.31. The number of anilines is 1. The van der Waals surface area contributed by atoms with Gasteiger partial charge in [0, 0.05) is 17.8 Å². The Bertz CT molecular complexity index is 374. The molecule has 0 amide bonds. The van der Waals surface area contributed by atoms with Crippen molar-refractivity contribution in [3.63, 3.8) is 0 Å². The maximum atomic E-state index is 12.5. The highest BCUT2D eigenvalue weighted by atomic mass is 19.4. The molecule has 17 heavy (non-hydrogen) atoms. The van der Waals surface area contributed by atoms with Gasteiger partial charge in [0.1, 0.15) is 0 Å². The minimum atomic E-state index is -4.33. The average Bonchev–Trinajstić information content (AvgIpc) is 2.15. The molecule has 2 N–H and O–H groups in total. The molecular weight excluding hydrogens is 231 g/mol. The van der Waals surface area contributed by atoms with Crippen LogP contribution in [0.5, 0.6) is 0 Å². The SMILES string of the molecule is CC(C)(CCO)Nc1cccc(C(F)(F)F)c1. The van der Waals surface area contributed by atoms with E-state index in [2.05, 4.69) is 5.32 Å². The van der Waals surface area contributed by atoms with E-state index in [0.29, 0.717) is 12.1 Å². The van der Waals surface area contributed by atoms with E-state index in [4.69, 9.17) is 5.11 Å². The highest BCUT2D eigenvalue weighted by Gasteiger charge is 2.30. The first-order chi connectivity index (χ1) is 7.74. The number of hydrogen-bond donors (Lipinski definition) is 2. The molecule has 5 heteroatoms. The van der Waals surface area contributed by atoms with Gasteiger partial charge in [-0.15, -0.1) is 0 Å². The van der Waals surface area contributed by atoms with Crippen molar-refractivity contribution in [1.29, 1.82) is 0 Å².